The molecule has 6 rings (SSSR count). The number of hydrogen-bond donors (Lipinski definition) is 5. The van der Waals surface area contributed by atoms with Crippen molar-refractivity contribution in [3.8, 4) is 28.0 Å². The molecule has 20 heteroatoms. The maximum atomic E-state index is 13.3. The second-order valence-electron chi connectivity index (χ2n) is 17.5. The molecular weight excluding hydrogens is 1140 g/mol. The topological polar surface area (TPSA) is 208 Å². The van der Waals surface area contributed by atoms with Crippen LogP contribution in [0.3, 0.4) is 0 Å². The molecule has 0 aliphatic heterocycles. The molecule has 0 saturated carbocycles. The highest BCUT2D eigenvalue weighted by atomic mass is 127. The fourth-order valence-electron chi connectivity index (χ4n) is 7.31. The van der Waals surface area contributed by atoms with E-state index in [0.29, 0.717) is 39.9 Å². The van der Waals surface area contributed by atoms with Crippen LogP contribution in [-0.4, -0.2) is 107 Å². The molecule has 0 bridgehead atoms. The zero-order chi connectivity index (χ0) is 58.1. The minimum Gasteiger partial charge on any atom is -0.537 e. The Hall–Kier alpha value is -7.24. The normalized spacial score (nSPS) is 11.4. The molecule has 0 fully saturated rings. The second kappa shape index (κ2) is 36.8. The van der Waals surface area contributed by atoms with Gasteiger partial charge >= 0.3 is 7.69 Å². The number of halogens is 4. The van der Waals surface area contributed by atoms with Crippen LogP contribution < -0.4 is 25.9 Å². The van der Waals surface area contributed by atoms with Crippen LogP contribution in [0, 0.1) is 21.0 Å². The van der Waals surface area contributed by atoms with Crippen molar-refractivity contribution in [2.45, 2.75) is 71.1 Å². The zero-order valence-electron chi connectivity index (χ0n) is 44.9. The fraction of sp³-hybridized carbons (Fsp3) is 0.288. The Morgan fingerprint density at radius 2 is 0.886 bits per heavy atom. The predicted molar refractivity (Wildman–Crippen MR) is 305 cm³/mol. The van der Waals surface area contributed by atoms with E-state index in [1.165, 1.54) is 94.2 Å². The van der Waals surface area contributed by atoms with Gasteiger partial charge < -0.3 is 45.2 Å². The largest absolute Gasteiger partial charge is 0.569 e. The molecule has 79 heavy (non-hydrogen) atoms. The summed E-state index contributed by atoms with van der Waals surface area (Å²) in [6, 6.07) is 39.6. The fourth-order valence-corrected chi connectivity index (χ4v) is 7.67. The van der Waals surface area contributed by atoms with Gasteiger partial charge in [-0.05, 0) is 123 Å². The number of aryl methyl sites for hydroxylation is 2. The summed E-state index contributed by atoms with van der Waals surface area (Å²) in [5.74, 6) is -1.81. The van der Waals surface area contributed by atoms with Gasteiger partial charge in [0.15, 0.2) is 11.6 Å². The quantitative estimate of drug-likeness (QED) is 0.0289. The van der Waals surface area contributed by atoms with Gasteiger partial charge in [0.2, 0.25) is 23.6 Å². The van der Waals surface area contributed by atoms with Gasteiger partial charge in [-0.2, -0.15) is 0 Å². The molecule has 0 spiro atoms. The minimum absolute atomic E-state index is 0.00407. The average Bonchev–Trinajstić information content (AvgIpc) is 3.42. The van der Waals surface area contributed by atoms with Gasteiger partial charge in [-0.15, -0.1) is 0 Å². The van der Waals surface area contributed by atoms with E-state index in [0.717, 1.165) is 38.9 Å². The van der Waals surface area contributed by atoms with E-state index in [4.69, 9.17) is 19.2 Å². The van der Waals surface area contributed by atoms with Crippen molar-refractivity contribution in [2.24, 2.45) is 0 Å². The molecule has 1 radical (unpaired) electrons. The number of nitrogens with one attached hydrogen (secondary N) is 4. The number of ether oxygens (including phenoxy) is 3. The number of methoxy groups -OCH3 is 3. The molecule has 0 aromatic heterocycles. The molecule has 0 aliphatic rings. The predicted octanol–water partition coefficient (Wildman–Crippen LogP) is 8.08. The Labute approximate surface area is 473 Å². The number of hydrogen-bond acceptors (Lipinski definition) is 11. The summed E-state index contributed by atoms with van der Waals surface area (Å²) in [4.78, 5) is 69.7. The van der Waals surface area contributed by atoms with Gasteiger partial charge in [0.05, 0.1) is 19.8 Å². The molecule has 6 aromatic carbocycles. The van der Waals surface area contributed by atoms with E-state index in [1.807, 2.05) is 84.9 Å². The van der Waals surface area contributed by atoms with E-state index < -0.39 is 18.1 Å². The molecule has 5 N–H and O–H groups in total. The first kappa shape index (κ1) is 66.0. The highest BCUT2D eigenvalue weighted by Gasteiger charge is 2.21. The highest BCUT2D eigenvalue weighted by Crippen LogP contribution is 2.22. The summed E-state index contributed by atoms with van der Waals surface area (Å²) in [5, 5.41) is 18.7. The summed E-state index contributed by atoms with van der Waals surface area (Å²) in [5.41, 5.74) is 6.44. The average molecular weight is 1200 g/mol. The van der Waals surface area contributed by atoms with Crippen LogP contribution in [0.5, 0.6) is 5.75 Å². The van der Waals surface area contributed by atoms with Gasteiger partial charge in [0, 0.05) is 71.1 Å². The number of ketones is 2. The van der Waals surface area contributed by atoms with Crippen molar-refractivity contribution < 1.29 is 65.8 Å². The Morgan fingerprint density at radius 1 is 0.506 bits per heavy atom. The van der Waals surface area contributed by atoms with Crippen LogP contribution >= 0.6 is 22.6 Å². The number of benzene rings is 6. The van der Waals surface area contributed by atoms with Crippen molar-refractivity contribution in [3.63, 3.8) is 0 Å². The van der Waals surface area contributed by atoms with E-state index in [-0.39, 0.29) is 78.2 Å². The van der Waals surface area contributed by atoms with Gasteiger partial charge in [-0.1, -0.05) is 91.0 Å². The van der Waals surface area contributed by atoms with E-state index in [1.54, 1.807) is 12.1 Å². The molecule has 0 unspecified atom stereocenters. The first-order valence-corrected chi connectivity index (χ1v) is 25.9. The number of rotatable bonds is 24. The van der Waals surface area contributed by atoms with Gasteiger partial charge in [-0.25, -0.2) is 13.2 Å². The number of carbonyl (C=O) groups is 6. The standard InChI is InChI=1S/C20H22FNO3.C19H21FN2O3.C14H18INO3.C6H5BFO2/c1-14(23)22-19(13-25-2)20(24)11-8-15-6-9-16(10-7-15)17-4-3-5-18(21)12-17;1-13(23)22-18(12-25-2)19(24)21-11-14-6-8-15(9-7-14)16-4-3-5-17(20)10-16;1-10(17)16-13(9-19-2)14(18)8-5-11-3-6-12(15)7-4-11;8-5-2-1-3-6(4-5)10-7-9/h3-7,9-10,12,19H,8,11,13H2,1-2H3,(H,22,23);3-10,18H,11-12H2,1-2H3,(H,21,24)(H,22,23);3-4,6-7,13H,5,8-9H2,1-2H3,(H,16,17);1-4,9H/t19-;18-;13-;/m111./s1. The summed E-state index contributed by atoms with van der Waals surface area (Å²) in [6.45, 7) is 4.92. The lowest BCUT2D eigenvalue weighted by Gasteiger charge is -2.16. The Balaban J connectivity index is 0.000000288. The summed E-state index contributed by atoms with van der Waals surface area (Å²) < 4.78 is 59.4. The van der Waals surface area contributed by atoms with Gasteiger partial charge in [0.25, 0.3) is 0 Å². The monoisotopic (exact) mass is 1200 g/mol. The van der Waals surface area contributed by atoms with E-state index >= 15 is 0 Å². The van der Waals surface area contributed by atoms with Crippen LogP contribution in [0.1, 0.15) is 50.3 Å². The molecule has 419 valence electrons. The Kier molecular flexibility index (Phi) is 30.8. The molecule has 6 aromatic rings. The number of Topliss-reactive ketones (excluding diaryl/α,β-unsaturated/α-hetero) is 2. The highest BCUT2D eigenvalue weighted by molar-refractivity contribution is 14.1. The molecule has 15 nitrogen and oxygen atoms in total. The maximum absolute atomic E-state index is 13.3. The van der Waals surface area contributed by atoms with Crippen molar-refractivity contribution in [3.05, 3.63) is 183 Å². The molecule has 0 saturated heterocycles. The Bertz CT molecular complexity index is 2720. The van der Waals surface area contributed by atoms with E-state index in [9.17, 15) is 41.9 Å². The minimum atomic E-state index is -0.728. The van der Waals surface area contributed by atoms with Crippen molar-refractivity contribution in [1.82, 2.24) is 21.3 Å². The van der Waals surface area contributed by atoms with Crippen LogP contribution in [0.25, 0.3) is 22.3 Å². The lowest BCUT2D eigenvalue weighted by molar-refractivity contribution is -0.129. The van der Waals surface area contributed by atoms with E-state index in [2.05, 4.69) is 48.5 Å². The van der Waals surface area contributed by atoms with Crippen LogP contribution in [0.15, 0.2) is 146 Å². The second-order valence-corrected chi connectivity index (χ2v) is 18.7. The number of amides is 4. The van der Waals surface area contributed by atoms with Gasteiger partial charge in [0.1, 0.15) is 41.3 Å². The number of carbonyl (C=O) groups excluding carboxylic acids is 6. The third-order valence-electron chi connectivity index (χ3n) is 11.1. The van der Waals surface area contributed by atoms with Gasteiger partial charge in [-0.3, -0.25) is 28.8 Å². The molecule has 0 heterocycles. The molecule has 0 aliphatic carbocycles. The molecular formula is C59H66BF3IN4O11. The Morgan fingerprint density at radius 3 is 1.28 bits per heavy atom. The van der Waals surface area contributed by atoms with Crippen molar-refractivity contribution in [2.75, 3.05) is 41.2 Å². The first-order chi connectivity index (χ1) is 37.8. The smallest absolute Gasteiger partial charge is 0.537 e. The third kappa shape index (κ3) is 26.8. The first-order valence-electron chi connectivity index (χ1n) is 24.8. The zero-order valence-corrected chi connectivity index (χ0v) is 47.0. The maximum Gasteiger partial charge on any atom is 0.569 e. The van der Waals surface area contributed by atoms with Crippen LogP contribution in [0.4, 0.5) is 13.2 Å². The lowest BCUT2D eigenvalue weighted by atomic mass is 10.00. The van der Waals surface area contributed by atoms with Crippen molar-refractivity contribution >= 4 is 65.5 Å². The third-order valence-corrected chi connectivity index (χ3v) is 11.9. The summed E-state index contributed by atoms with van der Waals surface area (Å²) >= 11 is 2.24. The van der Waals surface area contributed by atoms with Crippen LogP contribution in [0.2, 0.25) is 0 Å². The summed E-state index contributed by atoms with van der Waals surface area (Å²) in [6.07, 6.45) is 1.96. The lowest BCUT2D eigenvalue weighted by Crippen LogP contribution is -2.48. The van der Waals surface area contributed by atoms with Crippen LogP contribution in [-0.2, 0) is 62.4 Å². The molecule has 3 atom stereocenters. The summed E-state index contributed by atoms with van der Waals surface area (Å²) in [7, 11) is 4.98. The van der Waals surface area contributed by atoms with Crippen molar-refractivity contribution in [1.29, 1.82) is 0 Å². The molecule has 4 amide bonds. The SMILES string of the molecule is COC[C@@H](NC(C)=O)C(=O)CCc1ccc(-c2cccc(F)c2)cc1.COC[C@@H](NC(C)=O)C(=O)CCc1ccc(I)cc1.COC[C@@H](NC(C)=O)C(=O)NCc1ccc(-c2cccc(F)c2)cc1.O[B]Oc1cccc(F)c1.